The van der Waals surface area contributed by atoms with Crippen molar-refractivity contribution in [3.63, 3.8) is 0 Å². The summed E-state index contributed by atoms with van der Waals surface area (Å²) in [6.07, 6.45) is 1.51. The number of nitrogens with one attached hydrogen (secondary N) is 1. The maximum Gasteiger partial charge on any atom is 0.244 e. The van der Waals surface area contributed by atoms with E-state index in [9.17, 15) is 13.2 Å². The minimum Gasteiger partial charge on any atom is -0.325 e. The molecule has 2 aromatic heterocycles. The number of rotatable bonds is 8. The number of aromatic nitrogens is 3. The summed E-state index contributed by atoms with van der Waals surface area (Å²) in [7, 11) is -3.61. The topological polar surface area (TPSA) is 96.7 Å². The summed E-state index contributed by atoms with van der Waals surface area (Å²) >= 11 is 1.22. The number of amides is 1. The Hall–Kier alpha value is -2.43. The number of sulfonamides is 1. The SMILES string of the molecule is CCN(CC)S(=O)(=O)c1ccc2nnc(SC(C)C(=O)Nc3cccc(C)c3)n2c1. The van der Waals surface area contributed by atoms with Crippen LogP contribution in [0.1, 0.15) is 26.3 Å². The Kier molecular flexibility index (Phi) is 6.79. The molecule has 10 heteroatoms. The first-order valence-electron chi connectivity index (χ1n) is 9.65. The fraction of sp³-hybridized carbons (Fsp3) is 0.350. The zero-order chi connectivity index (χ0) is 21.9. The number of pyridine rings is 1. The van der Waals surface area contributed by atoms with Gasteiger partial charge in [0.15, 0.2) is 10.8 Å². The Balaban J connectivity index is 1.83. The maximum absolute atomic E-state index is 12.8. The Morgan fingerprint density at radius 2 is 1.93 bits per heavy atom. The first-order chi connectivity index (χ1) is 14.3. The largest absolute Gasteiger partial charge is 0.325 e. The molecule has 0 aliphatic carbocycles. The van der Waals surface area contributed by atoms with Gasteiger partial charge in [0, 0.05) is 25.0 Å². The first kappa shape index (κ1) is 22.3. The molecule has 0 saturated heterocycles. The molecule has 0 aliphatic heterocycles. The van der Waals surface area contributed by atoms with Crippen LogP contribution in [0.5, 0.6) is 0 Å². The smallest absolute Gasteiger partial charge is 0.244 e. The Bertz CT molecular complexity index is 1160. The highest BCUT2D eigenvalue weighted by atomic mass is 32.2. The van der Waals surface area contributed by atoms with Gasteiger partial charge in [-0.2, -0.15) is 4.31 Å². The van der Waals surface area contributed by atoms with E-state index in [0.29, 0.717) is 23.9 Å². The van der Waals surface area contributed by atoms with Gasteiger partial charge in [-0.3, -0.25) is 9.20 Å². The van der Waals surface area contributed by atoms with Crippen molar-refractivity contribution in [1.82, 2.24) is 18.9 Å². The number of carbonyl (C=O) groups is 1. The third-order valence-corrected chi connectivity index (χ3v) is 7.71. The van der Waals surface area contributed by atoms with Crippen LogP contribution in [-0.4, -0.2) is 51.6 Å². The van der Waals surface area contributed by atoms with E-state index < -0.39 is 15.3 Å². The van der Waals surface area contributed by atoms with Crippen molar-refractivity contribution in [3.8, 4) is 0 Å². The molecule has 1 atom stereocenters. The zero-order valence-electron chi connectivity index (χ0n) is 17.4. The molecule has 0 bridgehead atoms. The Morgan fingerprint density at radius 1 is 1.20 bits per heavy atom. The lowest BCUT2D eigenvalue weighted by molar-refractivity contribution is -0.115. The molecule has 0 spiro atoms. The van der Waals surface area contributed by atoms with Crippen molar-refractivity contribution in [1.29, 1.82) is 0 Å². The fourth-order valence-corrected chi connectivity index (χ4v) is 5.26. The van der Waals surface area contributed by atoms with Crippen LogP contribution in [0.3, 0.4) is 0 Å². The van der Waals surface area contributed by atoms with Crippen LogP contribution in [0.4, 0.5) is 5.69 Å². The molecule has 160 valence electrons. The van der Waals surface area contributed by atoms with Crippen LogP contribution >= 0.6 is 11.8 Å². The van der Waals surface area contributed by atoms with Gasteiger partial charge in [0.1, 0.15) is 0 Å². The van der Waals surface area contributed by atoms with Gasteiger partial charge in [0.2, 0.25) is 15.9 Å². The third-order valence-electron chi connectivity index (χ3n) is 4.62. The van der Waals surface area contributed by atoms with Crippen molar-refractivity contribution in [2.45, 2.75) is 43.0 Å². The van der Waals surface area contributed by atoms with Crippen molar-refractivity contribution in [2.75, 3.05) is 18.4 Å². The molecule has 0 radical (unpaired) electrons. The van der Waals surface area contributed by atoms with E-state index in [1.54, 1.807) is 31.2 Å². The molecular weight excluding hydrogens is 422 g/mol. The van der Waals surface area contributed by atoms with E-state index in [4.69, 9.17) is 0 Å². The van der Waals surface area contributed by atoms with Gasteiger partial charge in [0.05, 0.1) is 10.1 Å². The van der Waals surface area contributed by atoms with E-state index in [0.717, 1.165) is 11.3 Å². The molecule has 0 fully saturated rings. The van der Waals surface area contributed by atoms with Crippen molar-refractivity contribution < 1.29 is 13.2 Å². The Labute approximate surface area is 180 Å². The second-order valence-electron chi connectivity index (χ2n) is 6.78. The minimum absolute atomic E-state index is 0.164. The summed E-state index contributed by atoms with van der Waals surface area (Å²) in [5.41, 5.74) is 2.30. The fourth-order valence-electron chi connectivity index (χ4n) is 2.97. The average Bonchev–Trinajstić information content (AvgIpc) is 3.10. The van der Waals surface area contributed by atoms with E-state index >= 15 is 0 Å². The molecule has 8 nitrogen and oxygen atoms in total. The average molecular weight is 448 g/mol. The van der Waals surface area contributed by atoms with Crippen molar-refractivity contribution in [2.24, 2.45) is 0 Å². The number of nitrogens with zero attached hydrogens (tertiary/aromatic N) is 4. The number of hydrogen-bond acceptors (Lipinski definition) is 6. The second-order valence-corrected chi connectivity index (χ2v) is 10.0. The molecule has 1 aromatic carbocycles. The predicted octanol–water partition coefficient (Wildman–Crippen LogP) is 3.19. The number of aryl methyl sites for hydroxylation is 1. The molecule has 2 heterocycles. The van der Waals surface area contributed by atoms with Crippen LogP contribution < -0.4 is 5.32 Å². The van der Waals surface area contributed by atoms with E-state index in [2.05, 4.69) is 15.5 Å². The van der Waals surface area contributed by atoms with E-state index in [1.807, 2.05) is 31.2 Å². The maximum atomic E-state index is 12.8. The standard InChI is InChI=1S/C20H25N5O3S2/c1-5-24(6-2)30(27,28)17-10-11-18-22-23-20(25(18)13-17)29-15(4)19(26)21-16-9-7-8-14(3)12-16/h7-13,15H,5-6H2,1-4H3,(H,21,26). The number of hydrogen-bond donors (Lipinski definition) is 1. The lowest BCUT2D eigenvalue weighted by Gasteiger charge is -2.18. The van der Waals surface area contributed by atoms with Crippen LogP contribution in [0.2, 0.25) is 0 Å². The first-order valence-corrected chi connectivity index (χ1v) is 12.0. The molecule has 0 aliphatic rings. The summed E-state index contributed by atoms with van der Waals surface area (Å²) in [6.45, 7) is 8.10. The lowest BCUT2D eigenvalue weighted by Crippen LogP contribution is -2.30. The van der Waals surface area contributed by atoms with Gasteiger partial charge < -0.3 is 5.32 Å². The number of benzene rings is 1. The van der Waals surface area contributed by atoms with Crippen LogP contribution in [-0.2, 0) is 14.8 Å². The third kappa shape index (κ3) is 4.66. The summed E-state index contributed by atoms with van der Waals surface area (Å²) in [5.74, 6) is -0.172. The highest BCUT2D eigenvalue weighted by molar-refractivity contribution is 8.00. The van der Waals surface area contributed by atoms with Gasteiger partial charge in [-0.15, -0.1) is 10.2 Å². The molecular formula is C20H25N5O3S2. The number of fused-ring (bicyclic) bond motifs is 1. The van der Waals surface area contributed by atoms with Crippen molar-refractivity contribution >= 4 is 39.0 Å². The molecule has 3 aromatic rings. The summed E-state index contributed by atoms with van der Waals surface area (Å²) in [6, 6.07) is 10.7. The molecule has 3 rings (SSSR count). The van der Waals surface area contributed by atoms with Gasteiger partial charge in [-0.05, 0) is 43.7 Å². The zero-order valence-corrected chi connectivity index (χ0v) is 19.0. The highest BCUT2D eigenvalue weighted by Gasteiger charge is 2.24. The normalized spacial score (nSPS) is 13.0. The minimum atomic E-state index is -3.61. The van der Waals surface area contributed by atoms with Gasteiger partial charge in [0.25, 0.3) is 0 Å². The van der Waals surface area contributed by atoms with Gasteiger partial charge in [-0.25, -0.2) is 8.42 Å². The monoisotopic (exact) mass is 447 g/mol. The molecule has 1 N–H and O–H groups in total. The molecule has 30 heavy (non-hydrogen) atoms. The second kappa shape index (κ2) is 9.15. The number of carbonyl (C=O) groups excluding carboxylic acids is 1. The van der Waals surface area contributed by atoms with E-state index in [1.165, 1.54) is 28.3 Å². The summed E-state index contributed by atoms with van der Waals surface area (Å²) in [4.78, 5) is 12.8. The number of thioether (sulfide) groups is 1. The van der Waals surface area contributed by atoms with Gasteiger partial charge in [-0.1, -0.05) is 37.7 Å². The van der Waals surface area contributed by atoms with E-state index in [-0.39, 0.29) is 10.8 Å². The summed E-state index contributed by atoms with van der Waals surface area (Å²) in [5, 5.41) is 11.1. The molecule has 1 amide bonds. The van der Waals surface area contributed by atoms with Crippen LogP contribution in [0.25, 0.3) is 5.65 Å². The molecule has 1 unspecified atom stereocenters. The van der Waals surface area contributed by atoms with Gasteiger partial charge >= 0.3 is 0 Å². The van der Waals surface area contributed by atoms with Crippen LogP contribution in [0.15, 0.2) is 52.6 Å². The number of anilines is 1. The highest BCUT2D eigenvalue weighted by Crippen LogP contribution is 2.25. The molecule has 0 saturated carbocycles. The lowest BCUT2D eigenvalue weighted by atomic mass is 10.2. The summed E-state index contributed by atoms with van der Waals surface area (Å²) < 4.78 is 28.7. The van der Waals surface area contributed by atoms with Crippen LogP contribution in [0, 0.1) is 6.92 Å². The predicted molar refractivity (Wildman–Crippen MR) is 118 cm³/mol. The quantitative estimate of drug-likeness (QED) is 0.533. The Morgan fingerprint density at radius 3 is 2.60 bits per heavy atom. The van der Waals surface area contributed by atoms with Crippen molar-refractivity contribution in [3.05, 3.63) is 48.2 Å².